The fourth-order valence-electron chi connectivity index (χ4n) is 2.35. The number of hydrogen-bond donors (Lipinski definition) is 1. The predicted octanol–water partition coefficient (Wildman–Crippen LogP) is 4.69. The van der Waals surface area contributed by atoms with Crippen molar-refractivity contribution in [1.29, 1.82) is 0 Å². The Morgan fingerprint density at radius 3 is 2.68 bits per heavy atom. The summed E-state index contributed by atoms with van der Waals surface area (Å²) in [6.45, 7) is 7.60. The maximum Gasteiger partial charge on any atom is 0.0725 e. The van der Waals surface area contributed by atoms with Crippen LogP contribution < -0.4 is 5.32 Å². The molecule has 1 aromatic carbocycles. The van der Waals surface area contributed by atoms with E-state index >= 15 is 0 Å². The van der Waals surface area contributed by atoms with Gasteiger partial charge in [0.1, 0.15) is 0 Å². The SMILES string of the molecule is CCNC(c1nc2ccccc2cc1Br)C(C)CC. The molecule has 2 atom stereocenters. The lowest BCUT2D eigenvalue weighted by atomic mass is 9.95. The molecule has 2 aromatic rings. The van der Waals surface area contributed by atoms with E-state index in [-0.39, 0.29) is 0 Å². The van der Waals surface area contributed by atoms with E-state index in [0.29, 0.717) is 12.0 Å². The number of fused-ring (bicyclic) bond motifs is 1. The van der Waals surface area contributed by atoms with Crippen LogP contribution in [0, 0.1) is 5.92 Å². The highest BCUT2D eigenvalue weighted by Crippen LogP contribution is 2.31. The first-order chi connectivity index (χ1) is 9.17. The first kappa shape index (κ1) is 14.5. The molecule has 1 heterocycles. The molecule has 0 spiro atoms. The number of nitrogens with zero attached hydrogens (tertiary/aromatic N) is 1. The molecular weight excluding hydrogens is 300 g/mol. The van der Waals surface area contributed by atoms with E-state index in [9.17, 15) is 0 Å². The summed E-state index contributed by atoms with van der Waals surface area (Å²) in [4.78, 5) is 4.85. The predicted molar refractivity (Wildman–Crippen MR) is 85.3 cm³/mol. The second-order valence-corrected chi connectivity index (χ2v) is 5.82. The highest BCUT2D eigenvalue weighted by molar-refractivity contribution is 9.10. The Morgan fingerprint density at radius 1 is 1.26 bits per heavy atom. The number of nitrogens with one attached hydrogen (secondary N) is 1. The molecule has 19 heavy (non-hydrogen) atoms. The number of rotatable bonds is 5. The molecule has 0 saturated heterocycles. The highest BCUT2D eigenvalue weighted by atomic mass is 79.9. The molecule has 0 radical (unpaired) electrons. The summed E-state index contributed by atoms with van der Waals surface area (Å²) < 4.78 is 1.09. The number of para-hydroxylation sites is 1. The Labute approximate surface area is 123 Å². The van der Waals surface area contributed by atoms with Gasteiger partial charge in [0.05, 0.1) is 17.3 Å². The van der Waals surface area contributed by atoms with Gasteiger partial charge in [0.15, 0.2) is 0 Å². The summed E-state index contributed by atoms with van der Waals surface area (Å²) in [5, 5.41) is 4.74. The standard InChI is InChI=1S/C16H21BrN2/c1-4-11(3)15(18-5-2)16-13(17)10-12-8-6-7-9-14(12)19-16/h6-11,15,18H,4-5H2,1-3H3. The smallest absolute Gasteiger partial charge is 0.0725 e. The molecule has 0 aliphatic heterocycles. The van der Waals surface area contributed by atoms with Gasteiger partial charge in [0, 0.05) is 9.86 Å². The van der Waals surface area contributed by atoms with Crippen LogP contribution >= 0.6 is 15.9 Å². The number of pyridine rings is 1. The summed E-state index contributed by atoms with van der Waals surface area (Å²) in [6, 6.07) is 10.7. The molecule has 102 valence electrons. The van der Waals surface area contributed by atoms with Crippen molar-refractivity contribution in [3.05, 3.63) is 40.5 Å². The van der Waals surface area contributed by atoms with Gasteiger partial charge in [0.2, 0.25) is 0 Å². The van der Waals surface area contributed by atoms with Crippen LogP contribution in [0.4, 0.5) is 0 Å². The maximum absolute atomic E-state index is 4.85. The van der Waals surface area contributed by atoms with Crippen molar-refractivity contribution in [1.82, 2.24) is 10.3 Å². The third-order valence-electron chi connectivity index (χ3n) is 3.64. The van der Waals surface area contributed by atoms with Crippen LogP contribution in [0.15, 0.2) is 34.8 Å². The summed E-state index contributed by atoms with van der Waals surface area (Å²) in [5.41, 5.74) is 2.18. The number of aromatic nitrogens is 1. The van der Waals surface area contributed by atoms with Gasteiger partial charge in [0.25, 0.3) is 0 Å². The lowest BCUT2D eigenvalue weighted by Crippen LogP contribution is -2.27. The minimum absolute atomic E-state index is 0.300. The third kappa shape index (κ3) is 3.15. The van der Waals surface area contributed by atoms with Gasteiger partial charge in [-0.2, -0.15) is 0 Å². The molecule has 0 fully saturated rings. The van der Waals surface area contributed by atoms with E-state index in [2.05, 4.69) is 60.2 Å². The zero-order chi connectivity index (χ0) is 13.8. The summed E-state index contributed by atoms with van der Waals surface area (Å²) in [6.07, 6.45) is 1.14. The van der Waals surface area contributed by atoms with Crippen LogP contribution in [-0.2, 0) is 0 Å². The summed E-state index contributed by atoms with van der Waals surface area (Å²) in [5.74, 6) is 0.560. The number of halogens is 1. The maximum atomic E-state index is 4.85. The van der Waals surface area contributed by atoms with Crippen LogP contribution in [0.3, 0.4) is 0 Å². The molecule has 2 unspecified atom stereocenters. The summed E-state index contributed by atoms with van der Waals surface area (Å²) >= 11 is 3.68. The van der Waals surface area contributed by atoms with Crippen LogP contribution in [0.2, 0.25) is 0 Å². The lowest BCUT2D eigenvalue weighted by molar-refractivity contribution is 0.376. The second-order valence-electron chi connectivity index (χ2n) is 4.97. The van der Waals surface area contributed by atoms with Crippen molar-refractivity contribution < 1.29 is 0 Å². The first-order valence-electron chi connectivity index (χ1n) is 6.95. The summed E-state index contributed by atoms with van der Waals surface area (Å²) in [7, 11) is 0. The molecule has 0 aliphatic rings. The minimum Gasteiger partial charge on any atom is -0.309 e. The first-order valence-corrected chi connectivity index (χ1v) is 7.75. The van der Waals surface area contributed by atoms with Gasteiger partial charge >= 0.3 is 0 Å². The van der Waals surface area contributed by atoms with E-state index < -0.39 is 0 Å². The van der Waals surface area contributed by atoms with Gasteiger partial charge in [-0.3, -0.25) is 0 Å². The van der Waals surface area contributed by atoms with Crippen LogP contribution in [0.1, 0.15) is 38.9 Å². The van der Waals surface area contributed by atoms with Crippen molar-refractivity contribution in [3.63, 3.8) is 0 Å². The molecule has 2 nitrogen and oxygen atoms in total. The molecular formula is C16H21BrN2. The molecule has 0 aliphatic carbocycles. The molecule has 1 N–H and O–H groups in total. The zero-order valence-corrected chi connectivity index (χ0v) is 13.4. The van der Waals surface area contributed by atoms with Gasteiger partial charge in [-0.05, 0) is 40.5 Å². The molecule has 1 aromatic heterocycles. The monoisotopic (exact) mass is 320 g/mol. The Balaban J connectivity index is 2.49. The van der Waals surface area contributed by atoms with Gasteiger partial charge in [-0.1, -0.05) is 45.4 Å². The Kier molecular flexibility index (Phi) is 4.94. The normalized spacial score (nSPS) is 14.5. The number of benzene rings is 1. The van der Waals surface area contributed by atoms with Crippen molar-refractivity contribution in [2.24, 2.45) is 5.92 Å². The van der Waals surface area contributed by atoms with Crippen molar-refractivity contribution >= 4 is 26.8 Å². The largest absolute Gasteiger partial charge is 0.309 e. The molecule has 3 heteroatoms. The Bertz CT molecular complexity index is 553. The van der Waals surface area contributed by atoms with E-state index in [1.54, 1.807) is 0 Å². The average molecular weight is 321 g/mol. The van der Waals surface area contributed by atoms with E-state index in [1.165, 1.54) is 5.39 Å². The van der Waals surface area contributed by atoms with E-state index in [1.807, 2.05) is 12.1 Å². The quantitative estimate of drug-likeness (QED) is 0.864. The van der Waals surface area contributed by atoms with Crippen LogP contribution in [-0.4, -0.2) is 11.5 Å². The Morgan fingerprint density at radius 2 is 2.00 bits per heavy atom. The molecule has 0 saturated carbocycles. The van der Waals surface area contributed by atoms with Crippen LogP contribution in [0.25, 0.3) is 10.9 Å². The van der Waals surface area contributed by atoms with E-state index in [0.717, 1.165) is 28.6 Å². The number of hydrogen-bond acceptors (Lipinski definition) is 2. The van der Waals surface area contributed by atoms with Gasteiger partial charge in [-0.15, -0.1) is 0 Å². The fourth-order valence-corrected chi connectivity index (χ4v) is 2.93. The molecule has 2 rings (SSSR count). The van der Waals surface area contributed by atoms with Gasteiger partial charge < -0.3 is 5.32 Å². The van der Waals surface area contributed by atoms with Crippen molar-refractivity contribution in [3.8, 4) is 0 Å². The van der Waals surface area contributed by atoms with Crippen LogP contribution in [0.5, 0.6) is 0 Å². The average Bonchev–Trinajstić information content (AvgIpc) is 2.43. The minimum atomic E-state index is 0.300. The zero-order valence-electron chi connectivity index (χ0n) is 11.8. The lowest BCUT2D eigenvalue weighted by Gasteiger charge is -2.24. The fraction of sp³-hybridized carbons (Fsp3) is 0.438. The van der Waals surface area contributed by atoms with Crippen molar-refractivity contribution in [2.45, 2.75) is 33.2 Å². The highest BCUT2D eigenvalue weighted by Gasteiger charge is 2.21. The van der Waals surface area contributed by atoms with Crippen molar-refractivity contribution in [2.75, 3.05) is 6.54 Å². The second kappa shape index (κ2) is 6.49. The molecule has 0 amide bonds. The molecule has 0 bridgehead atoms. The Hall–Kier alpha value is -0.930. The third-order valence-corrected chi connectivity index (χ3v) is 4.27. The topological polar surface area (TPSA) is 24.9 Å². The van der Waals surface area contributed by atoms with Gasteiger partial charge in [-0.25, -0.2) is 4.98 Å². The van der Waals surface area contributed by atoms with E-state index in [4.69, 9.17) is 4.98 Å².